The Morgan fingerprint density at radius 3 is 2.58 bits per heavy atom. The van der Waals surface area contributed by atoms with Crippen LogP contribution >= 0.6 is 0 Å². The third-order valence-corrected chi connectivity index (χ3v) is 2.33. The van der Waals surface area contributed by atoms with Crippen molar-refractivity contribution < 1.29 is 9.47 Å². The smallest absolute Gasteiger partial charge is 0.141 e. The summed E-state index contributed by atoms with van der Waals surface area (Å²) in [5.74, 6) is 1.53. The van der Waals surface area contributed by atoms with E-state index in [1.54, 1.807) is 6.21 Å². The van der Waals surface area contributed by atoms with E-state index in [1.165, 1.54) is 17.3 Å². The molecule has 6 nitrogen and oxygen atoms in total. The molecular weight excluding hydrogens is 244 g/mol. The second-order valence-corrected chi connectivity index (χ2v) is 3.65. The van der Waals surface area contributed by atoms with Gasteiger partial charge >= 0.3 is 0 Å². The van der Waals surface area contributed by atoms with Gasteiger partial charge in [0.2, 0.25) is 0 Å². The lowest BCUT2D eigenvalue weighted by Gasteiger charge is -2.09. The topological polar surface area (TPSA) is 61.5 Å². The summed E-state index contributed by atoms with van der Waals surface area (Å²) in [5.41, 5.74) is 0.874. The Bertz CT molecular complexity index is 538. The van der Waals surface area contributed by atoms with Crippen LogP contribution in [0.25, 0.3) is 0 Å². The molecule has 0 radical (unpaired) electrons. The molecule has 0 aliphatic rings. The number of aromatic nitrogens is 3. The van der Waals surface area contributed by atoms with Crippen molar-refractivity contribution in [2.75, 3.05) is 13.2 Å². The van der Waals surface area contributed by atoms with Crippen LogP contribution in [-0.4, -0.2) is 34.3 Å². The van der Waals surface area contributed by atoms with Crippen LogP contribution in [0.5, 0.6) is 11.5 Å². The van der Waals surface area contributed by atoms with Crippen LogP contribution in [0.4, 0.5) is 0 Å². The van der Waals surface area contributed by atoms with Crippen LogP contribution in [0.3, 0.4) is 0 Å². The fourth-order valence-electron chi connectivity index (χ4n) is 1.54. The predicted octanol–water partition coefficient (Wildman–Crippen LogP) is 1.96. The number of hydrogen-bond acceptors (Lipinski definition) is 5. The molecule has 0 aliphatic heterocycles. The van der Waals surface area contributed by atoms with Gasteiger partial charge in [-0.05, 0) is 26.0 Å². The molecule has 0 saturated carbocycles. The SMILES string of the molecule is CCOc1ccc(/C=N\n2cnnc2)c(OCC)c1. The van der Waals surface area contributed by atoms with Gasteiger partial charge in [-0.15, -0.1) is 10.2 Å². The predicted molar refractivity (Wildman–Crippen MR) is 71.8 cm³/mol. The van der Waals surface area contributed by atoms with E-state index in [0.29, 0.717) is 13.2 Å². The number of ether oxygens (including phenoxy) is 2. The van der Waals surface area contributed by atoms with Gasteiger partial charge in [-0.1, -0.05) is 0 Å². The van der Waals surface area contributed by atoms with Gasteiger partial charge in [-0.25, -0.2) is 4.68 Å². The zero-order valence-electron chi connectivity index (χ0n) is 11.0. The number of nitrogens with zero attached hydrogens (tertiary/aromatic N) is 4. The summed E-state index contributed by atoms with van der Waals surface area (Å²) in [4.78, 5) is 0. The number of hydrogen-bond donors (Lipinski definition) is 0. The lowest BCUT2D eigenvalue weighted by Crippen LogP contribution is -1.99. The zero-order chi connectivity index (χ0) is 13.5. The van der Waals surface area contributed by atoms with Gasteiger partial charge in [0, 0.05) is 11.6 Å². The van der Waals surface area contributed by atoms with Gasteiger partial charge in [0.05, 0.1) is 19.4 Å². The molecule has 19 heavy (non-hydrogen) atoms. The maximum absolute atomic E-state index is 5.58. The van der Waals surface area contributed by atoms with Crippen LogP contribution < -0.4 is 9.47 Å². The summed E-state index contributed by atoms with van der Waals surface area (Å²) in [6.45, 7) is 5.10. The normalized spacial score (nSPS) is 10.8. The van der Waals surface area contributed by atoms with Crippen molar-refractivity contribution >= 4 is 6.21 Å². The summed E-state index contributed by atoms with van der Waals surface area (Å²) in [6.07, 6.45) is 4.74. The van der Waals surface area contributed by atoms with Gasteiger partial charge in [0.15, 0.2) is 0 Å². The van der Waals surface area contributed by atoms with Crippen LogP contribution in [-0.2, 0) is 0 Å². The van der Waals surface area contributed by atoms with Gasteiger partial charge in [0.1, 0.15) is 24.2 Å². The largest absolute Gasteiger partial charge is 0.494 e. The fraction of sp³-hybridized carbons (Fsp3) is 0.308. The van der Waals surface area contributed by atoms with Gasteiger partial charge in [0.25, 0.3) is 0 Å². The van der Waals surface area contributed by atoms with E-state index < -0.39 is 0 Å². The molecule has 0 bridgehead atoms. The first-order valence-electron chi connectivity index (χ1n) is 6.12. The monoisotopic (exact) mass is 260 g/mol. The Morgan fingerprint density at radius 1 is 1.16 bits per heavy atom. The van der Waals surface area contributed by atoms with E-state index in [4.69, 9.17) is 9.47 Å². The van der Waals surface area contributed by atoms with E-state index >= 15 is 0 Å². The molecule has 6 heteroatoms. The van der Waals surface area contributed by atoms with E-state index in [-0.39, 0.29) is 0 Å². The highest BCUT2D eigenvalue weighted by atomic mass is 16.5. The zero-order valence-corrected chi connectivity index (χ0v) is 11.0. The lowest BCUT2D eigenvalue weighted by molar-refractivity contribution is 0.323. The lowest BCUT2D eigenvalue weighted by atomic mass is 10.2. The standard InChI is InChI=1S/C13H16N4O2/c1-3-18-12-6-5-11(13(7-12)19-4-2)8-16-17-9-14-15-10-17/h5-10H,3-4H2,1-2H3/b16-8-. The third-order valence-electron chi connectivity index (χ3n) is 2.33. The molecule has 2 rings (SSSR count). The molecule has 100 valence electrons. The highest BCUT2D eigenvalue weighted by molar-refractivity contribution is 5.83. The third kappa shape index (κ3) is 3.54. The van der Waals surface area contributed by atoms with E-state index in [0.717, 1.165) is 17.1 Å². The molecule has 0 amide bonds. The second kappa shape index (κ2) is 6.53. The average molecular weight is 260 g/mol. The Morgan fingerprint density at radius 2 is 1.89 bits per heavy atom. The molecule has 1 aromatic heterocycles. The van der Waals surface area contributed by atoms with Crippen LogP contribution in [0.2, 0.25) is 0 Å². The highest BCUT2D eigenvalue weighted by Crippen LogP contribution is 2.24. The number of benzene rings is 1. The first-order chi connectivity index (χ1) is 9.33. The summed E-state index contributed by atoms with van der Waals surface area (Å²) in [5, 5.41) is 11.6. The molecule has 1 heterocycles. The Kier molecular flexibility index (Phi) is 4.49. The second-order valence-electron chi connectivity index (χ2n) is 3.65. The van der Waals surface area contributed by atoms with Crippen molar-refractivity contribution in [3.63, 3.8) is 0 Å². The molecule has 0 spiro atoms. The quantitative estimate of drug-likeness (QED) is 0.745. The molecule has 0 N–H and O–H groups in total. The van der Waals surface area contributed by atoms with Crippen molar-refractivity contribution in [1.29, 1.82) is 0 Å². The van der Waals surface area contributed by atoms with Crippen LogP contribution in [0.15, 0.2) is 36.0 Å². The molecule has 0 saturated heterocycles. The van der Waals surface area contributed by atoms with Gasteiger partial charge < -0.3 is 9.47 Å². The fourth-order valence-corrected chi connectivity index (χ4v) is 1.54. The van der Waals surface area contributed by atoms with Crippen LogP contribution in [0.1, 0.15) is 19.4 Å². The number of rotatable bonds is 6. The molecule has 1 aromatic carbocycles. The molecular formula is C13H16N4O2. The van der Waals surface area contributed by atoms with Gasteiger partial charge in [-0.2, -0.15) is 5.10 Å². The van der Waals surface area contributed by atoms with Crippen molar-refractivity contribution in [1.82, 2.24) is 14.9 Å². The van der Waals surface area contributed by atoms with Crippen molar-refractivity contribution in [2.45, 2.75) is 13.8 Å². The Hall–Kier alpha value is -2.37. The van der Waals surface area contributed by atoms with Crippen molar-refractivity contribution in [3.05, 3.63) is 36.4 Å². The maximum atomic E-state index is 5.58. The minimum atomic E-state index is 0.586. The molecule has 0 atom stereocenters. The van der Waals surface area contributed by atoms with Gasteiger partial charge in [-0.3, -0.25) is 0 Å². The molecule has 0 unspecified atom stereocenters. The Balaban J connectivity index is 2.23. The van der Waals surface area contributed by atoms with E-state index in [9.17, 15) is 0 Å². The Labute approximate surface area is 111 Å². The summed E-state index contributed by atoms with van der Waals surface area (Å²) >= 11 is 0. The van der Waals surface area contributed by atoms with E-state index in [1.807, 2.05) is 32.0 Å². The average Bonchev–Trinajstić information content (AvgIpc) is 2.92. The molecule has 2 aromatic rings. The van der Waals surface area contributed by atoms with Crippen molar-refractivity contribution in [2.24, 2.45) is 5.10 Å². The summed E-state index contributed by atoms with van der Waals surface area (Å²) < 4.78 is 12.6. The van der Waals surface area contributed by atoms with Crippen molar-refractivity contribution in [3.8, 4) is 11.5 Å². The summed E-state index contributed by atoms with van der Waals surface area (Å²) in [6, 6.07) is 5.66. The minimum absolute atomic E-state index is 0.586. The van der Waals surface area contributed by atoms with Crippen LogP contribution in [0, 0.1) is 0 Å². The minimum Gasteiger partial charge on any atom is -0.494 e. The first-order valence-corrected chi connectivity index (χ1v) is 6.12. The molecule has 0 fully saturated rings. The summed E-state index contributed by atoms with van der Waals surface area (Å²) in [7, 11) is 0. The maximum Gasteiger partial charge on any atom is 0.141 e. The van der Waals surface area contributed by atoms with E-state index in [2.05, 4.69) is 15.3 Å². The first kappa shape index (κ1) is 13.1. The highest BCUT2D eigenvalue weighted by Gasteiger charge is 2.04. The molecule has 0 aliphatic carbocycles.